The Morgan fingerprint density at radius 3 is 2.82 bits per heavy atom. The number of halogens is 2. The van der Waals surface area contributed by atoms with Gasteiger partial charge in [-0.15, -0.1) is 0 Å². The highest BCUT2D eigenvalue weighted by molar-refractivity contribution is 6.03. The second-order valence-corrected chi connectivity index (χ2v) is 6.71. The molecule has 1 aliphatic heterocycles. The van der Waals surface area contributed by atoms with Gasteiger partial charge in [0.2, 0.25) is 5.43 Å². The van der Waals surface area contributed by atoms with Crippen LogP contribution in [0.25, 0.3) is 11.0 Å². The molecule has 28 heavy (non-hydrogen) atoms. The highest BCUT2D eigenvalue weighted by Gasteiger charge is 2.41. The average molecular weight is 393 g/mol. The summed E-state index contributed by atoms with van der Waals surface area (Å²) >= 11 is 0. The molecule has 3 atom stereocenters. The molecule has 3 heterocycles. The van der Waals surface area contributed by atoms with Crippen LogP contribution in [0, 0.1) is 5.82 Å². The molecule has 2 fully saturated rings. The molecule has 0 bridgehead atoms. The van der Waals surface area contributed by atoms with E-state index in [1.807, 2.05) is 0 Å². The molecule has 2 aromatic rings. The molecule has 0 unspecified atom stereocenters. The number of anilines is 1. The van der Waals surface area contributed by atoms with Gasteiger partial charge in [-0.1, -0.05) is 5.16 Å². The van der Waals surface area contributed by atoms with Crippen molar-refractivity contribution in [2.45, 2.75) is 24.7 Å². The summed E-state index contributed by atoms with van der Waals surface area (Å²) in [5, 5.41) is 12.9. The third-order valence-electron chi connectivity index (χ3n) is 5.01. The second kappa shape index (κ2) is 6.51. The van der Waals surface area contributed by atoms with E-state index in [4.69, 9.17) is 10.6 Å². The van der Waals surface area contributed by atoms with E-state index in [-0.39, 0.29) is 36.4 Å². The number of carboxylic acid groups (broad SMARTS) is 1. The van der Waals surface area contributed by atoms with Gasteiger partial charge in [0.15, 0.2) is 11.6 Å². The maximum atomic E-state index is 14.8. The van der Waals surface area contributed by atoms with Gasteiger partial charge in [-0.25, -0.2) is 18.6 Å². The number of hydrogen-bond acceptors (Lipinski definition) is 7. The van der Waals surface area contributed by atoms with Crippen LogP contribution in [0.1, 0.15) is 22.8 Å². The van der Waals surface area contributed by atoms with Gasteiger partial charge >= 0.3 is 5.97 Å². The predicted octanol–water partition coefficient (Wildman–Crippen LogP) is 0.666. The Labute approximate surface area is 157 Å². The SMILES string of the molecule is CO/N=C1/CN(c2nc3c(cc2F)c(=O)c(C(=O)O)cn3[C@@H]2C[C@@H]2F)[C@@H]1CN. The summed E-state index contributed by atoms with van der Waals surface area (Å²) in [6.45, 7) is 0.374. The van der Waals surface area contributed by atoms with Crippen molar-refractivity contribution < 1.29 is 23.5 Å². The number of aromatic nitrogens is 2. The van der Waals surface area contributed by atoms with Crippen molar-refractivity contribution >= 4 is 28.5 Å². The van der Waals surface area contributed by atoms with Crippen LogP contribution in [0.5, 0.6) is 0 Å². The van der Waals surface area contributed by atoms with E-state index in [9.17, 15) is 23.5 Å². The Morgan fingerprint density at radius 2 is 2.25 bits per heavy atom. The maximum Gasteiger partial charge on any atom is 0.341 e. The van der Waals surface area contributed by atoms with Crippen molar-refractivity contribution in [2.75, 3.05) is 25.1 Å². The molecule has 148 valence electrons. The van der Waals surface area contributed by atoms with Gasteiger partial charge < -0.3 is 25.1 Å². The quantitative estimate of drug-likeness (QED) is 0.716. The molecular formula is C17H17F2N5O4. The second-order valence-electron chi connectivity index (χ2n) is 6.71. The van der Waals surface area contributed by atoms with Crippen molar-refractivity contribution in [3.8, 4) is 0 Å². The zero-order valence-corrected chi connectivity index (χ0v) is 14.8. The lowest BCUT2D eigenvalue weighted by Gasteiger charge is -2.41. The number of carboxylic acids is 1. The minimum absolute atomic E-state index is 0.0319. The number of carbonyl (C=O) groups is 1. The van der Waals surface area contributed by atoms with E-state index in [1.54, 1.807) is 4.90 Å². The molecule has 1 aliphatic carbocycles. The van der Waals surface area contributed by atoms with E-state index < -0.39 is 41.0 Å². The molecular weight excluding hydrogens is 376 g/mol. The first-order valence-electron chi connectivity index (χ1n) is 8.56. The maximum absolute atomic E-state index is 14.8. The lowest BCUT2D eigenvalue weighted by atomic mass is 10.0. The number of hydrogen-bond donors (Lipinski definition) is 2. The Hall–Kier alpha value is -3.08. The van der Waals surface area contributed by atoms with E-state index in [0.717, 1.165) is 12.3 Å². The predicted molar refractivity (Wildman–Crippen MR) is 96.1 cm³/mol. The fourth-order valence-electron chi connectivity index (χ4n) is 3.43. The van der Waals surface area contributed by atoms with Crippen molar-refractivity contribution in [3.63, 3.8) is 0 Å². The normalized spacial score (nSPS) is 25.1. The molecule has 0 radical (unpaired) electrons. The van der Waals surface area contributed by atoms with E-state index >= 15 is 0 Å². The lowest BCUT2D eigenvalue weighted by Crippen LogP contribution is -2.61. The van der Waals surface area contributed by atoms with Gasteiger partial charge in [-0.3, -0.25) is 4.79 Å². The summed E-state index contributed by atoms with van der Waals surface area (Å²) in [6, 6.07) is -0.121. The molecule has 9 nitrogen and oxygen atoms in total. The smallest absolute Gasteiger partial charge is 0.341 e. The van der Waals surface area contributed by atoms with Crippen molar-refractivity contribution in [1.82, 2.24) is 9.55 Å². The van der Waals surface area contributed by atoms with Gasteiger partial charge in [-0.05, 0) is 6.07 Å². The largest absolute Gasteiger partial charge is 0.477 e. The van der Waals surface area contributed by atoms with Crippen LogP contribution in [-0.2, 0) is 4.84 Å². The molecule has 11 heteroatoms. The molecule has 1 saturated heterocycles. The lowest BCUT2D eigenvalue weighted by molar-refractivity contribution is 0.0694. The van der Waals surface area contributed by atoms with Crippen molar-refractivity contribution in [2.24, 2.45) is 10.9 Å². The van der Waals surface area contributed by atoms with E-state index in [2.05, 4.69) is 10.1 Å². The van der Waals surface area contributed by atoms with Crippen LogP contribution in [0.4, 0.5) is 14.6 Å². The topological polar surface area (TPSA) is 123 Å². The van der Waals surface area contributed by atoms with Crippen molar-refractivity contribution in [3.05, 3.63) is 33.9 Å². The molecule has 2 aromatic heterocycles. The number of nitrogens with two attached hydrogens (primary N) is 1. The van der Waals surface area contributed by atoms with Gasteiger partial charge in [0.05, 0.1) is 24.0 Å². The Kier molecular flexibility index (Phi) is 4.26. The highest BCUT2D eigenvalue weighted by Crippen LogP contribution is 2.40. The van der Waals surface area contributed by atoms with Crippen LogP contribution in [0.3, 0.4) is 0 Å². The number of alkyl halides is 1. The monoisotopic (exact) mass is 393 g/mol. The van der Waals surface area contributed by atoms with Gasteiger partial charge in [-0.2, -0.15) is 0 Å². The minimum Gasteiger partial charge on any atom is -0.477 e. The molecule has 0 aromatic carbocycles. The third kappa shape index (κ3) is 2.70. The zero-order valence-electron chi connectivity index (χ0n) is 14.8. The van der Waals surface area contributed by atoms with E-state index in [1.165, 1.54) is 11.7 Å². The minimum atomic E-state index is -1.47. The summed E-state index contributed by atoms with van der Waals surface area (Å²) in [6.07, 6.45) is 0.0646. The first-order chi connectivity index (χ1) is 13.4. The Bertz CT molecular complexity index is 1070. The zero-order chi connectivity index (χ0) is 20.2. The van der Waals surface area contributed by atoms with Crippen LogP contribution < -0.4 is 16.1 Å². The summed E-state index contributed by atoms with van der Waals surface area (Å²) in [7, 11) is 1.39. The first-order valence-corrected chi connectivity index (χ1v) is 8.56. The molecule has 4 rings (SSSR count). The van der Waals surface area contributed by atoms with Gasteiger partial charge in [0.25, 0.3) is 0 Å². The molecule has 3 N–H and O–H groups in total. The van der Waals surface area contributed by atoms with Crippen molar-refractivity contribution in [1.29, 1.82) is 0 Å². The number of pyridine rings is 2. The number of oxime groups is 1. The van der Waals surface area contributed by atoms with Gasteiger partial charge in [0.1, 0.15) is 30.2 Å². The Morgan fingerprint density at radius 1 is 1.54 bits per heavy atom. The number of nitrogens with zero attached hydrogens (tertiary/aromatic N) is 4. The fraction of sp³-hybridized carbons (Fsp3) is 0.412. The van der Waals surface area contributed by atoms with E-state index in [0.29, 0.717) is 5.71 Å². The average Bonchev–Trinajstić information content (AvgIpc) is 3.35. The first kappa shape index (κ1) is 18.3. The Balaban J connectivity index is 1.89. The fourth-order valence-corrected chi connectivity index (χ4v) is 3.43. The number of fused-ring (bicyclic) bond motifs is 1. The van der Waals surface area contributed by atoms with Gasteiger partial charge in [0, 0.05) is 19.2 Å². The summed E-state index contributed by atoms with van der Waals surface area (Å²) in [4.78, 5) is 34.4. The van der Waals surface area contributed by atoms with Crippen LogP contribution in [0.15, 0.2) is 22.2 Å². The molecule has 2 aliphatic rings. The summed E-state index contributed by atoms with van der Waals surface area (Å²) in [5.41, 5.74) is 4.96. The standard InChI is InChI=1S/C17H17F2N5O4/c1-28-22-11-6-24(13(11)4-20)16-10(19)2-7-14(25)8(17(26)27)5-23(15(7)21-16)12-3-9(12)18/h2,5,9,12-13H,3-4,6,20H2,1H3,(H,26,27)/b22-11-/t9-,12+,13+/m0/s1. The van der Waals surface area contributed by atoms with Crippen LogP contribution in [-0.4, -0.2) is 58.8 Å². The molecule has 0 spiro atoms. The third-order valence-corrected chi connectivity index (χ3v) is 5.01. The highest BCUT2D eigenvalue weighted by atomic mass is 19.1. The molecule has 1 saturated carbocycles. The number of aromatic carboxylic acids is 1. The van der Waals surface area contributed by atoms with Crippen LogP contribution in [0.2, 0.25) is 0 Å². The summed E-state index contributed by atoms with van der Waals surface area (Å²) < 4.78 is 29.8. The molecule has 0 amide bonds. The number of rotatable bonds is 5. The summed E-state index contributed by atoms with van der Waals surface area (Å²) in [5.74, 6) is -2.33. The van der Waals surface area contributed by atoms with Crippen LogP contribution >= 0.6 is 0 Å².